The molecular weight excluding hydrogens is 266 g/mol. The lowest BCUT2D eigenvalue weighted by Crippen LogP contribution is -2.39. The maximum atomic E-state index is 4.03. The van der Waals surface area contributed by atoms with E-state index in [0.717, 1.165) is 17.9 Å². The molecule has 4 atom stereocenters. The van der Waals surface area contributed by atoms with Crippen LogP contribution in [0.15, 0.2) is 0 Å². The number of nitrogens with one attached hydrogen (secondary N) is 1. The topological polar surface area (TPSA) is 12.0 Å². The minimum atomic E-state index is 0.627. The van der Waals surface area contributed by atoms with E-state index in [2.05, 4.69) is 12.2 Å². The summed E-state index contributed by atoms with van der Waals surface area (Å²) in [6.45, 7) is 3.92. The highest BCUT2D eigenvalue weighted by Gasteiger charge is 2.38. The number of hydrogen-bond donors (Lipinski definition) is 1. The van der Waals surface area contributed by atoms with Crippen LogP contribution in [0.2, 0.25) is 0 Å². The second kappa shape index (κ2) is 8.18. The van der Waals surface area contributed by atoms with Crippen molar-refractivity contribution in [1.29, 1.82) is 0 Å². The molecule has 3 rings (SSSR count). The van der Waals surface area contributed by atoms with E-state index in [-0.39, 0.29) is 0 Å². The van der Waals surface area contributed by atoms with Gasteiger partial charge in [0.25, 0.3) is 0 Å². The van der Waals surface area contributed by atoms with Crippen LogP contribution in [0.25, 0.3) is 0 Å². The molecular formula is C21H39N. The van der Waals surface area contributed by atoms with Crippen molar-refractivity contribution in [3.63, 3.8) is 0 Å². The summed E-state index contributed by atoms with van der Waals surface area (Å²) in [5.74, 6) is 2.00. The van der Waals surface area contributed by atoms with Gasteiger partial charge < -0.3 is 5.32 Å². The van der Waals surface area contributed by atoms with E-state index in [0.29, 0.717) is 5.41 Å². The largest absolute Gasteiger partial charge is 0.314 e. The molecule has 1 heteroatoms. The van der Waals surface area contributed by atoms with Gasteiger partial charge in [0.1, 0.15) is 0 Å². The lowest BCUT2D eigenvalue weighted by atomic mass is 9.73. The van der Waals surface area contributed by atoms with E-state index in [1.165, 1.54) is 103 Å². The Morgan fingerprint density at radius 1 is 0.773 bits per heavy atom. The van der Waals surface area contributed by atoms with Crippen LogP contribution in [0, 0.1) is 17.3 Å². The van der Waals surface area contributed by atoms with Crippen molar-refractivity contribution in [2.75, 3.05) is 6.54 Å². The molecule has 0 aromatic carbocycles. The highest BCUT2D eigenvalue weighted by atomic mass is 14.9. The molecule has 1 N–H and O–H groups in total. The van der Waals surface area contributed by atoms with Crippen molar-refractivity contribution in [2.45, 2.75) is 109 Å². The van der Waals surface area contributed by atoms with E-state index in [1.807, 2.05) is 0 Å². The van der Waals surface area contributed by atoms with Gasteiger partial charge in [0.2, 0.25) is 0 Å². The fourth-order valence-electron chi connectivity index (χ4n) is 5.82. The first kappa shape index (κ1) is 16.8. The lowest BCUT2D eigenvalue weighted by molar-refractivity contribution is 0.186. The Morgan fingerprint density at radius 3 is 2.41 bits per heavy atom. The third kappa shape index (κ3) is 4.73. The van der Waals surface area contributed by atoms with Crippen LogP contribution in [0.4, 0.5) is 0 Å². The van der Waals surface area contributed by atoms with Crippen molar-refractivity contribution in [2.24, 2.45) is 17.3 Å². The van der Waals surface area contributed by atoms with E-state index in [9.17, 15) is 0 Å². The van der Waals surface area contributed by atoms with Gasteiger partial charge in [-0.15, -0.1) is 0 Å². The normalized spacial score (nSPS) is 42.1. The molecule has 2 saturated carbocycles. The van der Waals surface area contributed by atoms with Crippen molar-refractivity contribution in [1.82, 2.24) is 5.32 Å². The minimum Gasteiger partial charge on any atom is -0.314 e. The molecule has 0 spiro atoms. The molecule has 1 saturated heterocycles. The quantitative estimate of drug-likeness (QED) is 0.572. The third-order valence-corrected chi connectivity index (χ3v) is 7.00. The highest BCUT2D eigenvalue weighted by Crippen LogP contribution is 2.46. The molecule has 128 valence electrons. The fraction of sp³-hybridized carbons (Fsp3) is 1.00. The third-order valence-electron chi connectivity index (χ3n) is 7.00. The molecule has 1 aliphatic heterocycles. The second-order valence-corrected chi connectivity index (χ2v) is 9.15. The highest BCUT2D eigenvalue weighted by molar-refractivity contribution is 4.92. The van der Waals surface area contributed by atoms with E-state index < -0.39 is 0 Å². The van der Waals surface area contributed by atoms with E-state index >= 15 is 0 Å². The van der Waals surface area contributed by atoms with Crippen LogP contribution < -0.4 is 5.32 Å². The first-order valence-corrected chi connectivity index (χ1v) is 10.5. The zero-order valence-electron chi connectivity index (χ0n) is 15.0. The summed E-state index contributed by atoms with van der Waals surface area (Å²) in [6.07, 6.45) is 22.3. The van der Waals surface area contributed by atoms with Crippen LogP contribution in [0.1, 0.15) is 103 Å². The van der Waals surface area contributed by atoms with E-state index in [4.69, 9.17) is 0 Å². The Balaban J connectivity index is 1.77. The van der Waals surface area contributed by atoms with Crippen LogP contribution in [-0.2, 0) is 0 Å². The summed E-state index contributed by atoms with van der Waals surface area (Å²) in [4.78, 5) is 0. The molecule has 0 radical (unpaired) electrons. The van der Waals surface area contributed by atoms with Crippen molar-refractivity contribution in [3.8, 4) is 0 Å². The van der Waals surface area contributed by atoms with Gasteiger partial charge in [0, 0.05) is 6.04 Å². The predicted molar refractivity (Wildman–Crippen MR) is 96.1 cm³/mol. The maximum Gasteiger partial charge on any atom is 0.0101 e. The first-order valence-electron chi connectivity index (χ1n) is 10.5. The minimum absolute atomic E-state index is 0.627. The molecule has 0 aromatic rings. The van der Waals surface area contributed by atoms with Gasteiger partial charge in [-0.2, -0.15) is 0 Å². The van der Waals surface area contributed by atoms with Crippen molar-refractivity contribution < 1.29 is 0 Å². The zero-order chi connectivity index (χ0) is 15.3. The smallest absolute Gasteiger partial charge is 0.0101 e. The molecule has 4 bridgehead atoms. The molecule has 2 aliphatic carbocycles. The van der Waals surface area contributed by atoms with Crippen molar-refractivity contribution >= 4 is 0 Å². The van der Waals surface area contributed by atoms with Crippen LogP contribution >= 0.6 is 0 Å². The second-order valence-electron chi connectivity index (χ2n) is 9.15. The lowest BCUT2D eigenvalue weighted by Gasteiger charge is -2.35. The molecule has 2 unspecified atom stereocenters. The Morgan fingerprint density at radius 2 is 1.50 bits per heavy atom. The van der Waals surface area contributed by atoms with Gasteiger partial charge in [0.15, 0.2) is 0 Å². The standard InChI is InChI=1S/C21H39N/c1-21-13-9-5-6-10-14-22-20(17-21)19-12-8-4-2-3-7-11-18(15-19)16-21/h18-20,22H,2-17H2,1H3/t18-,19?,20?,21+/m0/s1. The van der Waals surface area contributed by atoms with Gasteiger partial charge in [0.05, 0.1) is 0 Å². The summed E-state index contributed by atoms with van der Waals surface area (Å²) >= 11 is 0. The summed E-state index contributed by atoms with van der Waals surface area (Å²) in [7, 11) is 0. The number of hydrogen-bond acceptors (Lipinski definition) is 1. The SMILES string of the molecule is C[C@]12CCCCCCNC(C1)C1CCCCCCC[C@@H](C1)C2. The first-order chi connectivity index (χ1) is 10.8. The van der Waals surface area contributed by atoms with Gasteiger partial charge in [-0.05, 0) is 62.3 Å². The molecule has 22 heavy (non-hydrogen) atoms. The molecule has 0 aromatic heterocycles. The van der Waals surface area contributed by atoms with Gasteiger partial charge in [-0.1, -0.05) is 64.7 Å². The number of rotatable bonds is 0. The summed E-state index contributed by atoms with van der Waals surface area (Å²) in [5.41, 5.74) is 0.627. The van der Waals surface area contributed by atoms with Crippen molar-refractivity contribution in [3.05, 3.63) is 0 Å². The zero-order valence-corrected chi connectivity index (χ0v) is 15.0. The molecule has 1 nitrogen and oxygen atoms in total. The maximum absolute atomic E-state index is 4.03. The van der Waals surface area contributed by atoms with Gasteiger partial charge >= 0.3 is 0 Å². The van der Waals surface area contributed by atoms with Crippen LogP contribution in [0.5, 0.6) is 0 Å². The van der Waals surface area contributed by atoms with Gasteiger partial charge in [-0.3, -0.25) is 0 Å². The Kier molecular flexibility index (Phi) is 6.24. The monoisotopic (exact) mass is 305 g/mol. The fourth-order valence-corrected chi connectivity index (χ4v) is 5.82. The summed E-state index contributed by atoms with van der Waals surface area (Å²) < 4.78 is 0. The Bertz CT molecular complexity index is 326. The molecule has 1 heterocycles. The summed E-state index contributed by atoms with van der Waals surface area (Å²) in [5, 5.41) is 4.03. The van der Waals surface area contributed by atoms with Gasteiger partial charge in [-0.25, -0.2) is 0 Å². The van der Waals surface area contributed by atoms with Crippen LogP contribution in [-0.4, -0.2) is 12.6 Å². The molecule has 3 aliphatic rings. The molecule has 0 amide bonds. The average Bonchev–Trinajstić information content (AvgIpc) is 2.62. The number of fused-ring (bicyclic) bond motifs is 5. The average molecular weight is 306 g/mol. The summed E-state index contributed by atoms with van der Waals surface area (Å²) in [6, 6.07) is 0.826. The van der Waals surface area contributed by atoms with E-state index in [1.54, 1.807) is 0 Å². The van der Waals surface area contributed by atoms with Crippen LogP contribution in [0.3, 0.4) is 0 Å². The Hall–Kier alpha value is -0.0400. The Labute approximate surface area is 139 Å². The predicted octanol–water partition coefficient (Wildman–Crippen LogP) is 6.08. The molecule has 3 fully saturated rings.